The third-order valence-electron chi connectivity index (χ3n) is 7.19. The molecule has 5 rings (SSSR count). The minimum absolute atomic E-state index is 0.744. The van der Waals surface area contributed by atoms with E-state index in [1.807, 2.05) is 0 Å². The molecule has 0 aromatic heterocycles. The lowest BCUT2D eigenvalue weighted by molar-refractivity contribution is 0.444. The lowest BCUT2D eigenvalue weighted by Gasteiger charge is -2.24. The van der Waals surface area contributed by atoms with E-state index in [4.69, 9.17) is 0 Å². The third-order valence-corrected chi connectivity index (χ3v) is 8.89. The highest BCUT2D eigenvalue weighted by Gasteiger charge is 2.20. The van der Waals surface area contributed by atoms with E-state index < -0.39 is 0 Å². The number of hydrogen-bond donors (Lipinski definition) is 0. The number of halogens is 2. The van der Waals surface area contributed by atoms with Gasteiger partial charge in [0.05, 0.1) is 0 Å². The van der Waals surface area contributed by atoms with Crippen LogP contribution < -0.4 is 0 Å². The standard InChI is InChI=1S/C26H28Br2/c27-25-22-14-12-20(18-9-5-2-6-10-18)16-24(22)26(28)21-13-11-19(15-23(21)25)17-7-3-1-4-8-17/h11-18H,1-10H2. The van der Waals surface area contributed by atoms with Crippen molar-refractivity contribution < 1.29 is 0 Å². The molecule has 2 aliphatic rings. The molecule has 0 atom stereocenters. The first-order chi connectivity index (χ1) is 13.7. The van der Waals surface area contributed by atoms with Gasteiger partial charge in [-0.3, -0.25) is 0 Å². The van der Waals surface area contributed by atoms with Crippen molar-refractivity contribution >= 4 is 53.4 Å². The monoisotopic (exact) mass is 498 g/mol. The Labute approximate surface area is 185 Å². The van der Waals surface area contributed by atoms with Crippen molar-refractivity contribution in [1.82, 2.24) is 0 Å². The molecule has 0 radical (unpaired) electrons. The average molecular weight is 500 g/mol. The minimum atomic E-state index is 0.744. The van der Waals surface area contributed by atoms with E-state index in [0.29, 0.717) is 0 Å². The summed E-state index contributed by atoms with van der Waals surface area (Å²) in [7, 11) is 0. The fourth-order valence-corrected chi connectivity index (χ4v) is 6.89. The molecule has 28 heavy (non-hydrogen) atoms. The van der Waals surface area contributed by atoms with Crippen molar-refractivity contribution in [3.63, 3.8) is 0 Å². The second kappa shape index (κ2) is 8.11. The van der Waals surface area contributed by atoms with Crippen molar-refractivity contribution in [1.29, 1.82) is 0 Å². The molecule has 0 nitrogen and oxygen atoms in total. The van der Waals surface area contributed by atoms with E-state index in [0.717, 1.165) is 11.8 Å². The van der Waals surface area contributed by atoms with Gasteiger partial charge in [-0.05, 0) is 114 Å². The molecule has 2 saturated carbocycles. The molecule has 3 aromatic rings. The zero-order valence-electron chi connectivity index (χ0n) is 16.4. The summed E-state index contributed by atoms with van der Waals surface area (Å²) in [6.07, 6.45) is 13.8. The summed E-state index contributed by atoms with van der Waals surface area (Å²) in [5.74, 6) is 1.49. The molecule has 146 valence electrons. The smallest absolute Gasteiger partial charge is 0.0333 e. The van der Waals surface area contributed by atoms with Crippen molar-refractivity contribution in [2.75, 3.05) is 0 Å². The zero-order valence-corrected chi connectivity index (χ0v) is 19.6. The number of benzene rings is 3. The van der Waals surface area contributed by atoms with Crippen molar-refractivity contribution in [2.45, 2.75) is 76.0 Å². The highest BCUT2D eigenvalue weighted by Crippen LogP contribution is 2.43. The molecule has 0 spiro atoms. The van der Waals surface area contributed by atoms with Gasteiger partial charge < -0.3 is 0 Å². The van der Waals surface area contributed by atoms with Crippen LogP contribution in [0.4, 0.5) is 0 Å². The van der Waals surface area contributed by atoms with Gasteiger partial charge in [-0.15, -0.1) is 0 Å². The van der Waals surface area contributed by atoms with E-state index in [9.17, 15) is 0 Å². The molecule has 0 saturated heterocycles. The molecular weight excluding hydrogens is 472 g/mol. The van der Waals surface area contributed by atoms with E-state index in [2.05, 4.69) is 68.3 Å². The Hall–Kier alpha value is -0.860. The van der Waals surface area contributed by atoms with E-state index in [-0.39, 0.29) is 0 Å². The molecule has 0 heterocycles. The second-order valence-corrected chi connectivity index (χ2v) is 10.5. The molecule has 0 unspecified atom stereocenters. The van der Waals surface area contributed by atoms with Gasteiger partial charge in [-0.2, -0.15) is 0 Å². The van der Waals surface area contributed by atoms with Gasteiger partial charge in [0.1, 0.15) is 0 Å². The number of fused-ring (bicyclic) bond motifs is 2. The molecule has 3 aromatic carbocycles. The first-order valence-electron chi connectivity index (χ1n) is 11.1. The SMILES string of the molecule is Brc1c2ccc(C3CCCCC3)cc2c(Br)c2ccc(C3CCCCC3)cc12. The van der Waals surface area contributed by atoms with Crippen LogP contribution in [0.25, 0.3) is 21.5 Å². The molecular formula is C26H28Br2. The van der Waals surface area contributed by atoms with Crippen LogP contribution in [-0.2, 0) is 0 Å². The lowest BCUT2D eigenvalue weighted by Crippen LogP contribution is -2.05. The van der Waals surface area contributed by atoms with Crippen LogP contribution in [0.1, 0.15) is 87.2 Å². The predicted molar refractivity (Wildman–Crippen MR) is 129 cm³/mol. The van der Waals surface area contributed by atoms with Gasteiger partial charge in [0.2, 0.25) is 0 Å². The minimum Gasteiger partial charge on any atom is -0.0581 e. The van der Waals surface area contributed by atoms with Crippen LogP contribution in [0, 0.1) is 0 Å². The van der Waals surface area contributed by atoms with Gasteiger partial charge in [0, 0.05) is 8.95 Å². The maximum Gasteiger partial charge on any atom is 0.0333 e. The van der Waals surface area contributed by atoms with E-state index in [1.165, 1.54) is 106 Å². The van der Waals surface area contributed by atoms with Crippen LogP contribution >= 0.6 is 31.9 Å². The Balaban J connectivity index is 1.62. The predicted octanol–water partition coefficient (Wildman–Crippen LogP) is 9.61. The summed E-state index contributed by atoms with van der Waals surface area (Å²) < 4.78 is 2.52. The van der Waals surface area contributed by atoms with E-state index >= 15 is 0 Å². The number of hydrogen-bond acceptors (Lipinski definition) is 0. The fraction of sp³-hybridized carbons (Fsp3) is 0.462. The quantitative estimate of drug-likeness (QED) is 0.308. The van der Waals surface area contributed by atoms with Gasteiger partial charge in [0.25, 0.3) is 0 Å². The van der Waals surface area contributed by atoms with Crippen LogP contribution in [-0.4, -0.2) is 0 Å². The summed E-state index contributed by atoms with van der Waals surface area (Å²) in [4.78, 5) is 0. The van der Waals surface area contributed by atoms with Gasteiger partial charge in [0.15, 0.2) is 0 Å². The Morgan fingerprint density at radius 1 is 0.500 bits per heavy atom. The second-order valence-electron chi connectivity index (χ2n) is 8.91. The fourth-order valence-electron chi connectivity index (χ4n) is 5.54. The average Bonchev–Trinajstić information content (AvgIpc) is 2.78. The largest absolute Gasteiger partial charge is 0.0581 e. The molecule has 2 heteroatoms. The van der Waals surface area contributed by atoms with Crippen LogP contribution in [0.2, 0.25) is 0 Å². The Kier molecular flexibility index (Phi) is 5.54. The summed E-state index contributed by atoms with van der Waals surface area (Å²) in [6.45, 7) is 0. The van der Waals surface area contributed by atoms with Gasteiger partial charge in [-0.1, -0.05) is 62.8 Å². The van der Waals surface area contributed by atoms with Gasteiger partial charge in [-0.25, -0.2) is 0 Å². The van der Waals surface area contributed by atoms with Crippen LogP contribution in [0.15, 0.2) is 45.3 Å². The Morgan fingerprint density at radius 2 is 0.893 bits per heavy atom. The normalized spacial score (nSPS) is 19.5. The van der Waals surface area contributed by atoms with Crippen molar-refractivity contribution in [3.8, 4) is 0 Å². The molecule has 0 aliphatic heterocycles. The highest BCUT2D eigenvalue weighted by atomic mass is 79.9. The lowest BCUT2D eigenvalue weighted by atomic mass is 9.82. The molecule has 2 fully saturated rings. The summed E-state index contributed by atoms with van der Waals surface area (Å²) in [5.41, 5.74) is 3.05. The summed E-state index contributed by atoms with van der Waals surface area (Å²) in [6, 6.07) is 14.4. The molecule has 2 aliphatic carbocycles. The Morgan fingerprint density at radius 3 is 1.29 bits per heavy atom. The van der Waals surface area contributed by atoms with Crippen LogP contribution in [0.3, 0.4) is 0 Å². The van der Waals surface area contributed by atoms with Crippen LogP contribution in [0.5, 0.6) is 0 Å². The van der Waals surface area contributed by atoms with E-state index in [1.54, 1.807) is 0 Å². The zero-order chi connectivity index (χ0) is 19.1. The molecule has 0 N–H and O–H groups in total. The van der Waals surface area contributed by atoms with Crippen molar-refractivity contribution in [2.24, 2.45) is 0 Å². The summed E-state index contributed by atoms with van der Waals surface area (Å²) in [5, 5.41) is 5.38. The first kappa shape index (κ1) is 19.1. The maximum atomic E-state index is 3.97. The maximum absolute atomic E-state index is 3.97. The number of rotatable bonds is 2. The van der Waals surface area contributed by atoms with Gasteiger partial charge >= 0.3 is 0 Å². The topological polar surface area (TPSA) is 0 Å². The third kappa shape index (κ3) is 3.45. The Bertz CT molecular complexity index is 925. The summed E-state index contributed by atoms with van der Waals surface area (Å²) >= 11 is 7.95. The first-order valence-corrected chi connectivity index (χ1v) is 12.7. The van der Waals surface area contributed by atoms with Crippen molar-refractivity contribution in [3.05, 3.63) is 56.5 Å². The molecule has 0 amide bonds. The highest BCUT2D eigenvalue weighted by molar-refractivity contribution is 9.11. The molecule has 0 bridgehead atoms.